The summed E-state index contributed by atoms with van der Waals surface area (Å²) >= 11 is 0. The summed E-state index contributed by atoms with van der Waals surface area (Å²) in [5.41, 5.74) is 1.01. The number of carbonyl (C=O) groups is 1. The molecule has 1 aromatic rings. The van der Waals surface area contributed by atoms with Crippen molar-refractivity contribution in [1.82, 2.24) is 4.90 Å². The fourth-order valence-corrected chi connectivity index (χ4v) is 1.53. The van der Waals surface area contributed by atoms with Gasteiger partial charge in [0.1, 0.15) is 5.75 Å². The van der Waals surface area contributed by atoms with Gasteiger partial charge in [-0.15, -0.1) is 0 Å². The van der Waals surface area contributed by atoms with E-state index in [-0.39, 0.29) is 19.1 Å². The van der Waals surface area contributed by atoms with Crippen molar-refractivity contribution in [1.29, 1.82) is 0 Å². The second-order valence-corrected chi connectivity index (χ2v) is 3.75. The summed E-state index contributed by atoms with van der Waals surface area (Å²) in [6.07, 6.45) is 0. The zero-order valence-corrected chi connectivity index (χ0v) is 10.3. The van der Waals surface area contributed by atoms with Gasteiger partial charge in [-0.25, -0.2) is 0 Å². The van der Waals surface area contributed by atoms with Crippen molar-refractivity contribution in [2.24, 2.45) is 0 Å². The Balaban J connectivity index is 2.50. The molecule has 4 nitrogen and oxygen atoms in total. The van der Waals surface area contributed by atoms with Crippen LogP contribution in [0.25, 0.3) is 0 Å². The minimum absolute atomic E-state index is 0.0126. The summed E-state index contributed by atoms with van der Waals surface area (Å²) in [6.45, 7) is 4.73. The summed E-state index contributed by atoms with van der Waals surface area (Å²) in [4.78, 5) is 13.3. The molecule has 0 saturated carbocycles. The van der Waals surface area contributed by atoms with Crippen LogP contribution in [0.2, 0.25) is 0 Å². The molecule has 1 aromatic carbocycles. The van der Waals surface area contributed by atoms with Crippen LogP contribution in [0.3, 0.4) is 0 Å². The smallest absolute Gasteiger partial charge is 0.260 e. The molecular formula is C13H19NO3. The molecule has 94 valence electrons. The molecule has 0 atom stereocenters. The van der Waals surface area contributed by atoms with Crippen molar-refractivity contribution >= 4 is 5.91 Å². The molecule has 0 saturated heterocycles. The number of para-hydroxylation sites is 1. The second kappa shape index (κ2) is 6.91. The van der Waals surface area contributed by atoms with E-state index in [9.17, 15) is 4.79 Å². The summed E-state index contributed by atoms with van der Waals surface area (Å²) in [5.74, 6) is 0.616. The van der Waals surface area contributed by atoms with E-state index in [1.807, 2.05) is 38.1 Å². The zero-order valence-electron chi connectivity index (χ0n) is 10.3. The van der Waals surface area contributed by atoms with Gasteiger partial charge in [0, 0.05) is 13.1 Å². The third-order valence-electron chi connectivity index (χ3n) is 2.55. The highest BCUT2D eigenvalue weighted by molar-refractivity contribution is 5.77. The van der Waals surface area contributed by atoms with Gasteiger partial charge >= 0.3 is 0 Å². The average Bonchev–Trinajstić information content (AvgIpc) is 2.34. The van der Waals surface area contributed by atoms with Crippen molar-refractivity contribution in [2.45, 2.75) is 13.8 Å². The van der Waals surface area contributed by atoms with Gasteiger partial charge in [0.25, 0.3) is 5.91 Å². The van der Waals surface area contributed by atoms with Crippen LogP contribution in [0.4, 0.5) is 0 Å². The molecule has 17 heavy (non-hydrogen) atoms. The van der Waals surface area contributed by atoms with Crippen molar-refractivity contribution in [3.63, 3.8) is 0 Å². The van der Waals surface area contributed by atoms with Crippen LogP contribution in [0.15, 0.2) is 24.3 Å². The van der Waals surface area contributed by atoms with Gasteiger partial charge in [-0.05, 0) is 25.5 Å². The van der Waals surface area contributed by atoms with Crippen LogP contribution in [-0.4, -0.2) is 42.2 Å². The maximum Gasteiger partial charge on any atom is 0.260 e. The van der Waals surface area contributed by atoms with E-state index in [2.05, 4.69) is 0 Å². The van der Waals surface area contributed by atoms with E-state index in [0.717, 1.165) is 11.3 Å². The highest BCUT2D eigenvalue weighted by Gasteiger charge is 2.11. The number of rotatable bonds is 6. The predicted octanol–water partition coefficient (Wildman–Crippen LogP) is 1.21. The van der Waals surface area contributed by atoms with Gasteiger partial charge in [-0.1, -0.05) is 18.2 Å². The first-order valence-corrected chi connectivity index (χ1v) is 5.76. The fourth-order valence-electron chi connectivity index (χ4n) is 1.53. The Bertz CT molecular complexity index is 365. The third kappa shape index (κ3) is 4.07. The maximum atomic E-state index is 11.7. The second-order valence-electron chi connectivity index (χ2n) is 3.75. The molecule has 0 aliphatic carbocycles. The Labute approximate surface area is 102 Å². The predicted molar refractivity (Wildman–Crippen MR) is 66.0 cm³/mol. The molecule has 1 rings (SSSR count). The van der Waals surface area contributed by atoms with E-state index < -0.39 is 0 Å². The molecule has 0 radical (unpaired) electrons. The Hall–Kier alpha value is -1.55. The summed E-state index contributed by atoms with van der Waals surface area (Å²) in [6, 6.07) is 7.57. The molecule has 0 fully saturated rings. The quantitative estimate of drug-likeness (QED) is 0.809. The Morgan fingerprint density at radius 2 is 2.12 bits per heavy atom. The standard InChI is InChI=1S/C13H19NO3/c1-3-14(8-9-15)13(16)10-17-12-7-5-4-6-11(12)2/h4-7,15H,3,8-10H2,1-2H3. The summed E-state index contributed by atoms with van der Waals surface area (Å²) in [7, 11) is 0. The van der Waals surface area contributed by atoms with E-state index in [1.165, 1.54) is 0 Å². The Morgan fingerprint density at radius 3 is 2.71 bits per heavy atom. The van der Waals surface area contributed by atoms with Gasteiger partial charge in [0.2, 0.25) is 0 Å². The number of benzene rings is 1. The van der Waals surface area contributed by atoms with E-state index in [0.29, 0.717) is 13.1 Å². The van der Waals surface area contributed by atoms with Crippen molar-refractivity contribution in [3.8, 4) is 5.75 Å². The minimum atomic E-state index is -0.107. The summed E-state index contributed by atoms with van der Waals surface area (Å²) < 4.78 is 5.45. The molecule has 1 amide bonds. The SMILES string of the molecule is CCN(CCO)C(=O)COc1ccccc1C. The largest absolute Gasteiger partial charge is 0.484 e. The zero-order chi connectivity index (χ0) is 12.7. The number of hydrogen-bond acceptors (Lipinski definition) is 3. The van der Waals surface area contributed by atoms with Crippen LogP contribution < -0.4 is 4.74 Å². The first-order chi connectivity index (χ1) is 8.19. The van der Waals surface area contributed by atoms with Crippen LogP contribution in [0, 0.1) is 6.92 Å². The average molecular weight is 237 g/mol. The van der Waals surface area contributed by atoms with E-state index >= 15 is 0 Å². The molecule has 0 heterocycles. The molecule has 0 bridgehead atoms. The van der Waals surface area contributed by atoms with E-state index in [4.69, 9.17) is 9.84 Å². The topological polar surface area (TPSA) is 49.8 Å². The first-order valence-electron chi connectivity index (χ1n) is 5.76. The molecular weight excluding hydrogens is 218 g/mol. The molecule has 0 aliphatic rings. The third-order valence-corrected chi connectivity index (χ3v) is 2.55. The molecule has 0 spiro atoms. The number of aliphatic hydroxyl groups excluding tert-OH is 1. The lowest BCUT2D eigenvalue weighted by Gasteiger charge is -2.20. The molecule has 1 N–H and O–H groups in total. The number of carbonyl (C=O) groups excluding carboxylic acids is 1. The highest BCUT2D eigenvalue weighted by Crippen LogP contribution is 2.15. The normalized spacial score (nSPS) is 10.1. The number of ether oxygens (including phenoxy) is 1. The summed E-state index contributed by atoms with van der Waals surface area (Å²) in [5, 5.41) is 8.81. The van der Waals surface area contributed by atoms with Gasteiger partial charge < -0.3 is 14.7 Å². The van der Waals surface area contributed by atoms with Crippen LogP contribution in [-0.2, 0) is 4.79 Å². The maximum absolute atomic E-state index is 11.7. The minimum Gasteiger partial charge on any atom is -0.484 e. The first kappa shape index (κ1) is 13.5. The lowest BCUT2D eigenvalue weighted by atomic mass is 10.2. The van der Waals surface area contributed by atoms with Crippen molar-refractivity contribution < 1.29 is 14.6 Å². The lowest BCUT2D eigenvalue weighted by Crippen LogP contribution is -2.36. The Morgan fingerprint density at radius 1 is 1.41 bits per heavy atom. The number of hydrogen-bond donors (Lipinski definition) is 1. The number of aliphatic hydroxyl groups is 1. The fraction of sp³-hybridized carbons (Fsp3) is 0.462. The van der Waals surface area contributed by atoms with Gasteiger partial charge in [-0.2, -0.15) is 0 Å². The van der Waals surface area contributed by atoms with Gasteiger partial charge in [0.05, 0.1) is 6.61 Å². The molecule has 4 heteroatoms. The number of nitrogens with zero attached hydrogens (tertiary/aromatic N) is 1. The molecule has 0 aromatic heterocycles. The highest BCUT2D eigenvalue weighted by atomic mass is 16.5. The Kier molecular flexibility index (Phi) is 5.49. The number of amides is 1. The lowest BCUT2D eigenvalue weighted by molar-refractivity contribution is -0.133. The van der Waals surface area contributed by atoms with Crippen molar-refractivity contribution in [3.05, 3.63) is 29.8 Å². The van der Waals surface area contributed by atoms with Crippen molar-refractivity contribution in [2.75, 3.05) is 26.3 Å². The van der Waals surface area contributed by atoms with E-state index in [1.54, 1.807) is 4.90 Å². The molecule has 0 unspecified atom stereocenters. The number of aryl methyl sites for hydroxylation is 1. The van der Waals surface area contributed by atoms with Gasteiger partial charge in [0.15, 0.2) is 6.61 Å². The van der Waals surface area contributed by atoms with Crippen LogP contribution in [0.1, 0.15) is 12.5 Å². The van der Waals surface area contributed by atoms with Crippen LogP contribution >= 0.6 is 0 Å². The monoisotopic (exact) mass is 237 g/mol. The number of likely N-dealkylation sites (N-methyl/N-ethyl adjacent to an activating group) is 1. The van der Waals surface area contributed by atoms with Crippen LogP contribution in [0.5, 0.6) is 5.75 Å². The molecule has 0 aliphatic heterocycles. The van der Waals surface area contributed by atoms with Gasteiger partial charge in [-0.3, -0.25) is 4.79 Å².